The molecule has 0 saturated heterocycles. The Balaban J connectivity index is 2.60. The Morgan fingerprint density at radius 2 is 2.00 bits per heavy atom. The van der Waals surface area contributed by atoms with Gasteiger partial charge in [-0.3, -0.25) is 0 Å². The van der Waals surface area contributed by atoms with Crippen molar-refractivity contribution in [1.29, 1.82) is 0 Å². The molecule has 0 N–H and O–H groups in total. The van der Waals surface area contributed by atoms with E-state index in [9.17, 15) is 13.2 Å². The van der Waals surface area contributed by atoms with Gasteiger partial charge in [-0.1, -0.05) is 17.7 Å². The summed E-state index contributed by atoms with van der Waals surface area (Å²) in [4.78, 5) is 0. The van der Waals surface area contributed by atoms with Crippen LogP contribution >= 0.6 is 11.6 Å². The van der Waals surface area contributed by atoms with Crippen molar-refractivity contribution >= 4 is 11.6 Å². The number of aryl methyl sites for hydroxylation is 1. The number of hydrogen-bond donors (Lipinski definition) is 0. The Labute approximate surface area is 112 Å². The predicted molar refractivity (Wildman–Crippen MR) is 64.9 cm³/mol. The van der Waals surface area contributed by atoms with E-state index in [0.29, 0.717) is 16.4 Å². The van der Waals surface area contributed by atoms with Crippen molar-refractivity contribution in [2.45, 2.75) is 13.1 Å². The SMILES string of the molecule is COc1c(Cl)cccc1-n1nc(C(F)(F)F)cc1C. The molecule has 0 amide bonds. The first-order valence-electron chi connectivity index (χ1n) is 5.31. The van der Waals surface area contributed by atoms with E-state index in [4.69, 9.17) is 16.3 Å². The highest BCUT2D eigenvalue weighted by atomic mass is 35.5. The van der Waals surface area contributed by atoms with Crippen LogP contribution in [0.15, 0.2) is 24.3 Å². The number of rotatable bonds is 2. The second-order valence-corrected chi connectivity index (χ2v) is 4.28. The van der Waals surface area contributed by atoms with Crippen LogP contribution < -0.4 is 4.74 Å². The van der Waals surface area contributed by atoms with E-state index in [1.165, 1.54) is 14.0 Å². The Hall–Kier alpha value is -1.69. The lowest BCUT2D eigenvalue weighted by Gasteiger charge is -2.11. The van der Waals surface area contributed by atoms with E-state index in [2.05, 4.69) is 5.10 Å². The summed E-state index contributed by atoms with van der Waals surface area (Å²) in [5.74, 6) is 0.282. The predicted octanol–water partition coefficient (Wildman–Crippen LogP) is 3.86. The van der Waals surface area contributed by atoms with Gasteiger partial charge in [0.1, 0.15) is 5.69 Å². The average molecular weight is 291 g/mol. The molecule has 1 aromatic carbocycles. The van der Waals surface area contributed by atoms with E-state index < -0.39 is 11.9 Å². The Bertz CT molecular complexity index is 608. The number of halogens is 4. The van der Waals surface area contributed by atoms with Crippen molar-refractivity contribution in [1.82, 2.24) is 9.78 Å². The normalized spacial score (nSPS) is 11.7. The molecule has 0 fully saturated rings. The van der Waals surface area contributed by atoms with Crippen molar-refractivity contribution in [2.24, 2.45) is 0 Å². The highest BCUT2D eigenvalue weighted by molar-refractivity contribution is 6.32. The van der Waals surface area contributed by atoms with Crippen LogP contribution in [0.3, 0.4) is 0 Å². The third kappa shape index (κ3) is 2.53. The molecule has 3 nitrogen and oxygen atoms in total. The number of ether oxygens (including phenoxy) is 1. The first-order valence-corrected chi connectivity index (χ1v) is 5.69. The lowest BCUT2D eigenvalue weighted by Crippen LogP contribution is -2.08. The Morgan fingerprint density at radius 1 is 1.32 bits per heavy atom. The highest BCUT2D eigenvalue weighted by Crippen LogP contribution is 2.34. The monoisotopic (exact) mass is 290 g/mol. The van der Waals surface area contributed by atoms with Gasteiger partial charge in [-0.25, -0.2) is 4.68 Å². The fourth-order valence-corrected chi connectivity index (χ4v) is 1.97. The van der Waals surface area contributed by atoms with Gasteiger partial charge < -0.3 is 4.74 Å². The molecular formula is C12H10ClF3N2O. The molecule has 0 unspecified atom stereocenters. The molecule has 0 spiro atoms. The lowest BCUT2D eigenvalue weighted by atomic mass is 10.3. The van der Waals surface area contributed by atoms with Gasteiger partial charge in [-0.2, -0.15) is 18.3 Å². The van der Waals surface area contributed by atoms with Crippen LogP contribution in [-0.2, 0) is 6.18 Å². The summed E-state index contributed by atoms with van der Waals surface area (Å²) in [5, 5.41) is 3.86. The van der Waals surface area contributed by atoms with Crippen molar-refractivity contribution in [2.75, 3.05) is 7.11 Å². The quantitative estimate of drug-likeness (QED) is 0.840. The fourth-order valence-electron chi connectivity index (χ4n) is 1.72. The van der Waals surface area contributed by atoms with Crippen molar-refractivity contribution in [3.63, 3.8) is 0 Å². The van der Waals surface area contributed by atoms with Gasteiger partial charge in [0, 0.05) is 5.69 Å². The molecule has 0 aliphatic heterocycles. The molecule has 1 aromatic heterocycles. The summed E-state index contributed by atoms with van der Waals surface area (Å²) in [5.41, 5.74) is -0.247. The molecule has 0 aliphatic rings. The topological polar surface area (TPSA) is 27.1 Å². The second kappa shape index (κ2) is 4.77. The molecule has 2 rings (SSSR count). The molecule has 0 radical (unpaired) electrons. The highest BCUT2D eigenvalue weighted by Gasteiger charge is 2.34. The molecular weight excluding hydrogens is 281 g/mol. The summed E-state index contributed by atoms with van der Waals surface area (Å²) in [6.07, 6.45) is -4.48. The third-order valence-electron chi connectivity index (χ3n) is 2.56. The number of alkyl halides is 3. The van der Waals surface area contributed by atoms with Crippen LogP contribution in [0.2, 0.25) is 5.02 Å². The summed E-state index contributed by atoms with van der Waals surface area (Å²) < 4.78 is 44.1. The maximum Gasteiger partial charge on any atom is 0.435 e. The van der Waals surface area contributed by atoms with Crippen molar-refractivity contribution in [3.8, 4) is 11.4 Å². The minimum absolute atomic E-state index is 0.282. The van der Waals surface area contributed by atoms with E-state index in [1.807, 2.05) is 0 Å². The Kier molecular flexibility index (Phi) is 3.45. The maximum atomic E-state index is 12.6. The standard InChI is InChI=1S/C12H10ClF3N2O/c1-7-6-10(12(14,15)16)17-18(7)9-5-3-4-8(13)11(9)19-2/h3-6H,1-2H3. The number of benzene rings is 1. The first-order chi connectivity index (χ1) is 8.84. The lowest BCUT2D eigenvalue weighted by molar-refractivity contribution is -0.141. The molecule has 1 heterocycles. The summed E-state index contributed by atoms with van der Waals surface area (Å²) in [6.45, 7) is 1.53. The molecule has 0 aliphatic carbocycles. The van der Waals surface area contributed by atoms with Crippen LogP contribution in [0.1, 0.15) is 11.4 Å². The third-order valence-corrected chi connectivity index (χ3v) is 2.85. The van der Waals surface area contributed by atoms with Gasteiger partial charge >= 0.3 is 6.18 Å². The summed E-state index contributed by atoms with van der Waals surface area (Å²) in [7, 11) is 1.40. The van der Waals surface area contributed by atoms with Crippen LogP contribution in [0.4, 0.5) is 13.2 Å². The Morgan fingerprint density at radius 3 is 2.53 bits per heavy atom. The minimum atomic E-state index is -4.48. The minimum Gasteiger partial charge on any atom is -0.493 e. The molecule has 2 aromatic rings. The first kappa shape index (κ1) is 13.7. The van der Waals surface area contributed by atoms with E-state index in [0.717, 1.165) is 10.7 Å². The maximum absolute atomic E-state index is 12.6. The van der Waals surface area contributed by atoms with Gasteiger partial charge in [-0.05, 0) is 25.1 Å². The van der Waals surface area contributed by atoms with Crippen molar-refractivity contribution in [3.05, 3.63) is 40.7 Å². The zero-order valence-corrected chi connectivity index (χ0v) is 10.9. The van der Waals surface area contributed by atoms with E-state index >= 15 is 0 Å². The number of nitrogens with zero attached hydrogens (tertiary/aromatic N) is 2. The number of methoxy groups -OCH3 is 1. The van der Waals surface area contributed by atoms with Crippen LogP contribution in [0.5, 0.6) is 5.75 Å². The molecule has 102 valence electrons. The number of hydrogen-bond acceptors (Lipinski definition) is 2. The fraction of sp³-hybridized carbons (Fsp3) is 0.250. The van der Waals surface area contributed by atoms with Gasteiger partial charge in [-0.15, -0.1) is 0 Å². The van der Waals surface area contributed by atoms with E-state index in [1.54, 1.807) is 18.2 Å². The van der Waals surface area contributed by atoms with Crippen LogP contribution in [0, 0.1) is 6.92 Å². The molecule has 0 bridgehead atoms. The van der Waals surface area contributed by atoms with Gasteiger partial charge in [0.15, 0.2) is 11.4 Å². The zero-order valence-electron chi connectivity index (χ0n) is 10.1. The molecule has 7 heteroatoms. The summed E-state index contributed by atoms with van der Waals surface area (Å²) >= 11 is 5.94. The van der Waals surface area contributed by atoms with E-state index in [-0.39, 0.29) is 5.75 Å². The molecule has 19 heavy (non-hydrogen) atoms. The average Bonchev–Trinajstić information content (AvgIpc) is 2.70. The van der Waals surface area contributed by atoms with Crippen LogP contribution in [0.25, 0.3) is 5.69 Å². The van der Waals surface area contributed by atoms with Crippen LogP contribution in [-0.4, -0.2) is 16.9 Å². The smallest absolute Gasteiger partial charge is 0.435 e. The largest absolute Gasteiger partial charge is 0.493 e. The van der Waals surface area contributed by atoms with Crippen molar-refractivity contribution < 1.29 is 17.9 Å². The number of aromatic nitrogens is 2. The van der Waals surface area contributed by atoms with Gasteiger partial charge in [0.2, 0.25) is 0 Å². The zero-order chi connectivity index (χ0) is 14.2. The van der Waals surface area contributed by atoms with Gasteiger partial charge in [0.25, 0.3) is 0 Å². The number of para-hydroxylation sites is 1. The molecule has 0 atom stereocenters. The summed E-state index contributed by atoms with van der Waals surface area (Å²) in [6, 6.07) is 5.77. The molecule has 0 saturated carbocycles. The second-order valence-electron chi connectivity index (χ2n) is 3.87. The van der Waals surface area contributed by atoms with Gasteiger partial charge in [0.05, 0.1) is 12.1 Å².